The summed E-state index contributed by atoms with van der Waals surface area (Å²) >= 11 is 1.73. The molecule has 0 spiro atoms. The number of halogens is 1. The maximum absolute atomic E-state index is 11.6. The number of nitrogens with one attached hydrogen (secondary N) is 2. The number of nitrogens with zero attached hydrogens (tertiary/aromatic N) is 1. The van der Waals surface area contributed by atoms with Crippen LogP contribution in [0.3, 0.4) is 0 Å². The molecule has 2 aromatic rings. The van der Waals surface area contributed by atoms with Crippen LogP contribution in [0.4, 0.5) is 0 Å². The molecule has 1 heterocycles. The quantitative estimate of drug-likeness (QED) is 0.362. The van der Waals surface area contributed by atoms with Crippen molar-refractivity contribution in [1.29, 1.82) is 0 Å². The Balaban J connectivity index is 0.00000261. The van der Waals surface area contributed by atoms with E-state index in [1.165, 1.54) is 9.79 Å². The van der Waals surface area contributed by atoms with Gasteiger partial charge < -0.3 is 10.6 Å². The fourth-order valence-electron chi connectivity index (χ4n) is 2.78. The molecule has 1 saturated heterocycles. The van der Waals surface area contributed by atoms with Crippen LogP contribution < -0.4 is 10.6 Å². The van der Waals surface area contributed by atoms with Gasteiger partial charge >= 0.3 is 0 Å². The smallest absolute Gasteiger partial charge is 0.191 e. The molecule has 0 saturated carbocycles. The van der Waals surface area contributed by atoms with Crippen LogP contribution in [0.1, 0.15) is 12.0 Å². The molecule has 1 unspecified atom stereocenters. The van der Waals surface area contributed by atoms with Crippen LogP contribution in [-0.4, -0.2) is 39.0 Å². The second-order valence-electron chi connectivity index (χ2n) is 6.23. The van der Waals surface area contributed by atoms with Crippen LogP contribution >= 0.6 is 35.7 Å². The maximum atomic E-state index is 11.6. The summed E-state index contributed by atoms with van der Waals surface area (Å²) in [6.45, 7) is 0.634. The molecule has 0 aliphatic carbocycles. The van der Waals surface area contributed by atoms with Crippen LogP contribution in [0.2, 0.25) is 0 Å². The summed E-state index contributed by atoms with van der Waals surface area (Å²) < 4.78 is 23.1. The van der Waals surface area contributed by atoms with Gasteiger partial charge in [0.05, 0.1) is 11.5 Å². The van der Waals surface area contributed by atoms with Crippen molar-refractivity contribution in [3.63, 3.8) is 0 Å². The Kier molecular flexibility index (Phi) is 8.43. The van der Waals surface area contributed by atoms with E-state index >= 15 is 0 Å². The third-order valence-electron chi connectivity index (χ3n) is 4.16. The van der Waals surface area contributed by atoms with Gasteiger partial charge in [0, 0.05) is 29.4 Å². The predicted octanol–water partition coefficient (Wildman–Crippen LogP) is 3.31. The zero-order valence-electron chi connectivity index (χ0n) is 15.1. The molecule has 27 heavy (non-hydrogen) atoms. The summed E-state index contributed by atoms with van der Waals surface area (Å²) in [5.41, 5.74) is 1.14. The molecule has 2 aromatic carbocycles. The third-order valence-corrected chi connectivity index (χ3v) is 6.94. The van der Waals surface area contributed by atoms with Crippen molar-refractivity contribution in [1.82, 2.24) is 10.6 Å². The van der Waals surface area contributed by atoms with E-state index in [1.807, 2.05) is 18.2 Å². The van der Waals surface area contributed by atoms with Gasteiger partial charge in [0.15, 0.2) is 15.8 Å². The highest BCUT2D eigenvalue weighted by atomic mass is 127. The maximum Gasteiger partial charge on any atom is 0.191 e. The summed E-state index contributed by atoms with van der Waals surface area (Å²) in [6, 6.07) is 18.6. The topological polar surface area (TPSA) is 70.6 Å². The molecule has 1 aliphatic heterocycles. The van der Waals surface area contributed by atoms with Crippen molar-refractivity contribution in [3.05, 3.63) is 60.2 Å². The normalized spacial score (nSPS) is 18.6. The average Bonchev–Trinajstić information content (AvgIpc) is 2.99. The van der Waals surface area contributed by atoms with Crippen molar-refractivity contribution >= 4 is 51.5 Å². The van der Waals surface area contributed by atoms with Crippen molar-refractivity contribution < 1.29 is 8.42 Å². The molecule has 1 aliphatic rings. The first-order chi connectivity index (χ1) is 12.5. The monoisotopic (exact) mass is 517 g/mol. The standard InChI is InChI=1S/C19H23N3O2S2.HI/c1-20-19(22-16-11-12-26(23,24)14-16)21-13-15-7-9-18(10-8-15)25-17-5-3-2-4-6-17;/h2-10,16H,11-14H2,1H3,(H2,20,21,22);1H. The lowest BCUT2D eigenvalue weighted by molar-refractivity contribution is 0.599. The molecule has 0 amide bonds. The lowest BCUT2D eigenvalue weighted by Gasteiger charge is -2.16. The van der Waals surface area contributed by atoms with Gasteiger partial charge in [0.2, 0.25) is 0 Å². The van der Waals surface area contributed by atoms with Gasteiger partial charge in [-0.05, 0) is 36.2 Å². The Morgan fingerprint density at radius 3 is 2.37 bits per heavy atom. The SMILES string of the molecule is CN=C(NCc1ccc(Sc2ccccc2)cc1)NC1CCS(=O)(=O)C1.I. The summed E-state index contributed by atoms with van der Waals surface area (Å²) in [4.78, 5) is 6.59. The van der Waals surface area contributed by atoms with Crippen molar-refractivity contribution in [3.8, 4) is 0 Å². The van der Waals surface area contributed by atoms with E-state index < -0.39 is 9.84 Å². The van der Waals surface area contributed by atoms with Crippen molar-refractivity contribution in [2.75, 3.05) is 18.6 Å². The zero-order chi connectivity index (χ0) is 18.4. The summed E-state index contributed by atoms with van der Waals surface area (Å²) in [6.07, 6.45) is 0.633. The van der Waals surface area contributed by atoms with Crippen LogP contribution in [0.5, 0.6) is 0 Å². The minimum absolute atomic E-state index is 0. The molecule has 0 aromatic heterocycles. The lowest BCUT2D eigenvalue weighted by atomic mass is 10.2. The largest absolute Gasteiger partial charge is 0.353 e. The number of benzene rings is 2. The number of aliphatic imine (C=N–C) groups is 1. The number of sulfone groups is 1. The minimum Gasteiger partial charge on any atom is -0.353 e. The number of hydrogen-bond acceptors (Lipinski definition) is 4. The summed E-state index contributed by atoms with van der Waals surface area (Å²) in [7, 11) is -1.20. The van der Waals surface area contributed by atoms with Crippen LogP contribution in [0.25, 0.3) is 0 Å². The van der Waals surface area contributed by atoms with E-state index in [0.717, 1.165) is 5.56 Å². The lowest BCUT2D eigenvalue weighted by Crippen LogP contribution is -2.43. The van der Waals surface area contributed by atoms with Gasteiger partial charge in [-0.1, -0.05) is 42.1 Å². The minimum atomic E-state index is -2.89. The predicted molar refractivity (Wildman–Crippen MR) is 123 cm³/mol. The Hall–Kier alpha value is -1.26. The molecule has 0 radical (unpaired) electrons. The zero-order valence-corrected chi connectivity index (χ0v) is 19.1. The molecule has 1 atom stereocenters. The van der Waals surface area contributed by atoms with Gasteiger partial charge in [-0.2, -0.15) is 0 Å². The molecule has 146 valence electrons. The van der Waals surface area contributed by atoms with E-state index in [0.29, 0.717) is 18.9 Å². The second kappa shape index (κ2) is 10.3. The first-order valence-corrected chi connectivity index (χ1v) is 11.2. The van der Waals surface area contributed by atoms with Gasteiger partial charge in [-0.25, -0.2) is 8.42 Å². The molecule has 2 N–H and O–H groups in total. The highest BCUT2D eigenvalue weighted by Gasteiger charge is 2.28. The second-order valence-corrected chi connectivity index (χ2v) is 9.60. The Bertz CT molecular complexity index is 856. The first kappa shape index (κ1) is 22.0. The van der Waals surface area contributed by atoms with Crippen LogP contribution in [-0.2, 0) is 16.4 Å². The van der Waals surface area contributed by atoms with Crippen molar-refractivity contribution in [2.24, 2.45) is 4.99 Å². The van der Waals surface area contributed by atoms with E-state index in [-0.39, 0.29) is 41.5 Å². The Labute approximate surface area is 182 Å². The first-order valence-electron chi connectivity index (χ1n) is 8.53. The molecule has 1 fully saturated rings. The molecule has 3 rings (SSSR count). The van der Waals surface area contributed by atoms with Gasteiger partial charge in [-0.15, -0.1) is 24.0 Å². The Morgan fingerprint density at radius 1 is 1.11 bits per heavy atom. The molecular weight excluding hydrogens is 493 g/mol. The molecule has 5 nitrogen and oxygen atoms in total. The average molecular weight is 517 g/mol. The van der Waals surface area contributed by atoms with Crippen LogP contribution in [0.15, 0.2) is 69.4 Å². The van der Waals surface area contributed by atoms with Gasteiger partial charge in [0.25, 0.3) is 0 Å². The van der Waals surface area contributed by atoms with Gasteiger partial charge in [0.1, 0.15) is 0 Å². The van der Waals surface area contributed by atoms with E-state index in [1.54, 1.807) is 18.8 Å². The number of guanidine groups is 1. The summed E-state index contributed by atoms with van der Waals surface area (Å²) in [5.74, 6) is 1.07. The van der Waals surface area contributed by atoms with Crippen molar-refractivity contribution in [2.45, 2.75) is 28.8 Å². The van der Waals surface area contributed by atoms with E-state index in [4.69, 9.17) is 0 Å². The van der Waals surface area contributed by atoms with E-state index in [9.17, 15) is 8.42 Å². The number of rotatable bonds is 5. The molecule has 0 bridgehead atoms. The summed E-state index contributed by atoms with van der Waals surface area (Å²) in [5, 5.41) is 6.44. The van der Waals surface area contributed by atoms with Gasteiger partial charge in [-0.3, -0.25) is 4.99 Å². The fourth-order valence-corrected chi connectivity index (χ4v) is 5.29. The highest BCUT2D eigenvalue weighted by molar-refractivity contribution is 14.0. The molecular formula is C19H24IN3O2S2. The third kappa shape index (κ3) is 7.00. The Morgan fingerprint density at radius 2 is 1.78 bits per heavy atom. The fraction of sp³-hybridized carbons (Fsp3) is 0.316. The highest BCUT2D eigenvalue weighted by Crippen LogP contribution is 2.27. The van der Waals surface area contributed by atoms with Crippen LogP contribution in [0, 0.1) is 0 Å². The molecule has 8 heteroatoms. The van der Waals surface area contributed by atoms with E-state index in [2.05, 4.69) is 52.0 Å². The number of hydrogen-bond donors (Lipinski definition) is 2.